The third kappa shape index (κ3) is 3.28. The molecule has 90 valence electrons. The summed E-state index contributed by atoms with van der Waals surface area (Å²) in [6.45, 7) is 4.04. The lowest BCUT2D eigenvalue weighted by Gasteiger charge is -2.25. The van der Waals surface area contributed by atoms with Crippen LogP contribution in [0.5, 0.6) is 0 Å². The molecule has 0 atom stereocenters. The number of piperidine rings is 1. The molecule has 5 heteroatoms. The van der Waals surface area contributed by atoms with Crippen molar-refractivity contribution in [3.63, 3.8) is 0 Å². The first kappa shape index (κ1) is 11.5. The molecule has 0 unspecified atom stereocenters. The second kappa shape index (κ2) is 5.96. The van der Waals surface area contributed by atoms with Crippen molar-refractivity contribution in [3.8, 4) is 0 Å². The van der Waals surface area contributed by atoms with Gasteiger partial charge < -0.3 is 15.2 Å². The summed E-state index contributed by atoms with van der Waals surface area (Å²) in [5, 5.41) is 3.95. The van der Waals surface area contributed by atoms with Crippen molar-refractivity contribution in [2.45, 2.75) is 32.1 Å². The fourth-order valence-corrected chi connectivity index (χ4v) is 2.06. The van der Waals surface area contributed by atoms with Crippen molar-refractivity contribution in [2.24, 2.45) is 5.73 Å². The van der Waals surface area contributed by atoms with Gasteiger partial charge in [0.2, 0.25) is 5.89 Å². The van der Waals surface area contributed by atoms with Crippen LogP contribution in [0.2, 0.25) is 0 Å². The maximum absolute atomic E-state index is 5.42. The van der Waals surface area contributed by atoms with Crippen LogP contribution >= 0.6 is 0 Å². The predicted molar refractivity (Wildman–Crippen MR) is 61.1 cm³/mol. The highest BCUT2D eigenvalue weighted by Gasteiger charge is 2.11. The van der Waals surface area contributed by atoms with E-state index in [2.05, 4.69) is 15.0 Å². The lowest BCUT2D eigenvalue weighted by atomic mass is 10.1. The minimum absolute atomic E-state index is 0.563. The maximum Gasteiger partial charge on any atom is 0.227 e. The summed E-state index contributed by atoms with van der Waals surface area (Å²) in [5.74, 6) is 1.48. The van der Waals surface area contributed by atoms with Crippen LogP contribution in [-0.4, -0.2) is 41.2 Å². The van der Waals surface area contributed by atoms with Crippen LogP contribution in [0.4, 0.5) is 0 Å². The second-order valence-electron chi connectivity index (χ2n) is 4.30. The van der Waals surface area contributed by atoms with Crippen molar-refractivity contribution in [1.82, 2.24) is 15.0 Å². The summed E-state index contributed by atoms with van der Waals surface area (Å²) in [6, 6.07) is 0. The number of likely N-dealkylation sites (tertiary alicyclic amines) is 1. The van der Waals surface area contributed by atoms with Gasteiger partial charge in [0, 0.05) is 25.9 Å². The zero-order valence-corrected chi connectivity index (χ0v) is 9.69. The van der Waals surface area contributed by atoms with Crippen LogP contribution < -0.4 is 5.73 Å². The van der Waals surface area contributed by atoms with Crippen molar-refractivity contribution in [3.05, 3.63) is 11.7 Å². The van der Waals surface area contributed by atoms with E-state index in [1.54, 1.807) is 0 Å². The van der Waals surface area contributed by atoms with E-state index in [-0.39, 0.29) is 0 Å². The summed E-state index contributed by atoms with van der Waals surface area (Å²) in [6.07, 6.45) is 5.58. The van der Waals surface area contributed by atoms with Gasteiger partial charge in [0.15, 0.2) is 5.82 Å². The third-order valence-electron chi connectivity index (χ3n) is 2.97. The Morgan fingerprint density at radius 1 is 1.19 bits per heavy atom. The van der Waals surface area contributed by atoms with E-state index in [9.17, 15) is 0 Å². The Morgan fingerprint density at radius 2 is 2.00 bits per heavy atom. The second-order valence-corrected chi connectivity index (χ2v) is 4.30. The molecule has 0 spiro atoms. The van der Waals surface area contributed by atoms with Gasteiger partial charge in [-0.05, 0) is 25.9 Å². The SMILES string of the molecule is NCCc1nc(CCN2CCCCC2)no1. The molecule has 5 nitrogen and oxygen atoms in total. The lowest BCUT2D eigenvalue weighted by Crippen LogP contribution is -2.31. The van der Waals surface area contributed by atoms with E-state index in [4.69, 9.17) is 10.3 Å². The smallest absolute Gasteiger partial charge is 0.227 e. The molecule has 0 saturated carbocycles. The van der Waals surface area contributed by atoms with Gasteiger partial charge in [-0.3, -0.25) is 0 Å². The average molecular weight is 224 g/mol. The Labute approximate surface area is 96.0 Å². The Hall–Kier alpha value is -0.940. The Bertz CT molecular complexity index is 307. The molecule has 1 aliphatic rings. The first-order chi connectivity index (χ1) is 7.88. The number of nitrogens with two attached hydrogens (primary N) is 1. The first-order valence-corrected chi connectivity index (χ1v) is 6.12. The molecule has 2 heterocycles. The summed E-state index contributed by atoms with van der Waals surface area (Å²) in [5.41, 5.74) is 5.42. The highest BCUT2D eigenvalue weighted by atomic mass is 16.5. The van der Waals surface area contributed by atoms with Gasteiger partial charge in [0.1, 0.15) is 0 Å². The van der Waals surface area contributed by atoms with Crippen LogP contribution in [0.3, 0.4) is 0 Å². The number of nitrogens with zero attached hydrogens (tertiary/aromatic N) is 3. The maximum atomic E-state index is 5.42. The number of rotatable bonds is 5. The van der Waals surface area contributed by atoms with Crippen LogP contribution in [0.25, 0.3) is 0 Å². The summed E-state index contributed by atoms with van der Waals surface area (Å²) < 4.78 is 5.09. The molecule has 2 rings (SSSR count). The highest BCUT2D eigenvalue weighted by molar-refractivity contribution is 4.88. The molecule has 0 bridgehead atoms. The van der Waals surface area contributed by atoms with E-state index in [1.165, 1.54) is 32.4 Å². The summed E-state index contributed by atoms with van der Waals surface area (Å²) in [7, 11) is 0. The molecule has 0 aliphatic carbocycles. The molecule has 1 aromatic heterocycles. The average Bonchev–Trinajstić information content (AvgIpc) is 2.76. The van der Waals surface area contributed by atoms with Crippen molar-refractivity contribution in [2.75, 3.05) is 26.2 Å². The molecule has 1 aromatic rings. The van der Waals surface area contributed by atoms with Crippen LogP contribution in [0.15, 0.2) is 4.52 Å². The van der Waals surface area contributed by atoms with Gasteiger partial charge in [-0.25, -0.2) is 0 Å². The highest BCUT2D eigenvalue weighted by Crippen LogP contribution is 2.09. The fraction of sp³-hybridized carbons (Fsp3) is 0.818. The zero-order valence-electron chi connectivity index (χ0n) is 9.69. The quantitative estimate of drug-likeness (QED) is 0.793. The number of hydrogen-bond acceptors (Lipinski definition) is 5. The fourth-order valence-electron chi connectivity index (χ4n) is 2.06. The van der Waals surface area contributed by atoms with E-state index < -0.39 is 0 Å². The number of aromatic nitrogens is 2. The third-order valence-corrected chi connectivity index (χ3v) is 2.97. The molecule has 1 aliphatic heterocycles. The van der Waals surface area contributed by atoms with Crippen molar-refractivity contribution in [1.29, 1.82) is 0 Å². The van der Waals surface area contributed by atoms with E-state index in [1.807, 2.05) is 0 Å². The Kier molecular flexibility index (Phi) is 4.30. The molecule has 2 N–H and O–H groups in total. The Balaban J connectivity index is 1.75. The minimum atomic E-state index is 0.563. The largest absolute Gasteiger partial charge is 0.339 e. The van der Waals surface area contributed by atoms with Gasteiger partial charge in [-0.2, -0.15) is 4.98 Å². The molecule has 0 amide bonds. The number of hydrogen-bond donors (Lipinski definition) is 1. The monoisotopic (exact) mass is 224 g/mol. The molecule has 16 heavy (non-hydrogen) atoms. The van der Waals surface area contributed by atoms with Crippen LogP contribution in [-0.2, 0) is 12.8 Å². The molecular weight excluding hydrogens is 204 g/mol. The normalized spacial score (nSPS) is 17.8. The Morgan fingerprint density at radius 3 is 2.75 bits per heavy atom. The molecule has 1 saturated heterocycles. The summed E-state index contributed by atoms with van der Waals surface area (Å²) in [4.78, 5) is 6.77. The molecule has 0 aromatic carbocycles. The van der Waals surface area contributed by atoms with Gasteiger partial charge in [0.05, 0.1) is 0 Å². The standard InChI is InChI=1S/C11H20N4O/c12-6-4-11-13-10(14-16-11)5-9-15-7-2-1-3-8-15/h1-9,12H2. The van der Waals surface area contributed by atoms with E-state index in [0.29, 0.717) is 18.9 Å². The van der Waals surface area contributed by atoms with Gasteiger partial charge in [0.25, 0.3) is 0 Å². The molecule has 1 fully saturated rings. The minimum Gasteiger partial charge on any atom is -0.339 e. The topological polar surface area (TPSA) is 68.2 Å². The van der Waals surface area contributed by atoms with Crippen molar-refractivity contribution < 1.29 is 4.52 Å². The molecule has 0 radical (unpaired) electrons. The zero-order chi connectivity index (χ0) is 11.2. The van der Waals surface area contributed by atoms with Crippen LogP contribution in [0.1, 0.15) is 31.0 Å². The van der Waals surface area contributed by atoms with Gasteiger partial charge in [-0.1, -0.05) is 11.6 Å². The first-order valence-electron chi connectivity index (χ1n) is 6.12. The van der Waals surface area contributed by atoms with Crippen molar-refractivity contribution >= 4 is 0 Å². The predicted octanol–water partition coefficient (Wildman–Crippen LogP) is 0.599. The van der Waals surface area contributed by atoms with Gasteiger partial charge >= 0.3 is 0 Å². The van der Waals surface area contributed by atoms with E-state index in [0.717, 1.165) is 18.8 Å². The lowest BCUT2D eigenvalue weighted by molar-refractivity contribution is 0.229. The van der Waals surface area contributed by atoms with Gasteiger partial charge in [-0.15, -0.1) is 0 Å². The van der Waals surface area contributed by atoms with Crippen LogP contribution in [0, 0.1) is 0 Å². The molecular formula is C11H20N4O. The summed E-state index contributed by atoms with van der Waals surface area (Å²) >= 11 is 0. The van der Waals surface area contributed by atoms with E-state index >= 15 is 0 Å².